The molecular formula is C23H25N3O5S2. The van der Waals surface area contributed by atoms with Crippen molar-refractivity contribution in [2.24, 2.45) is 0 Å². The number of nitrogens with one attached hydrogen (secondary N) is 1. The van der Waals surface area contributed by atoms with Crippen LogP contribution in [0.25, 0.3) is 11.3 Å². The van der Waals surface area contributed by atoms with E-state index in [1.54, 1.807) is 36.7 Å². The standard InChI is InChI=1S/C23H25N3O5S2/c1-4-5-14-26(2)33(29,30)19-12-10-17(11-13-19)21(27)25-23-24-20(15-32-23)16-6-8-18(9-7-16)22(28)31-3/h6-13,15H,4-5,14H2,1-3H3,(H,24,25,27). The molecule has 33 heavy (non-hydrogen) atoms. The number of hydrogen-bond acceptors (Lipinski definition) is 7. The van der Waals surface area contributed by atoms with E-state index in [0.717, 1.165) is 18.4 Å². The first-order chi connectivity index (χ1) is 15.8. The van der Waals surface area contributed by atoms with Crippen molar-refractivity contribution in [1.29, 1.82) is 0 Å². The van der Waals surface area contributed by atoms with Crippen molar-refractivity contribution in [3.63, 3.8) is 0 Å². The molecule has 3 aromatic rings. The van der Waals surface area contributed by atoms with E-state index in [1.807, 2.05) is 6.92 Å². The second-order valence-electron chi connectivity index (χ2n) is 7.27. The molecule has 0 saturated heterocycles. The number of benzene rings is 2. The molecule has 0 fully saturated rings. The van der Waals surface area contributed by atoms with Crippen LogP contribution in [-0.4, -0.2) is 50.3 Å². The molecule has 1 aromatic heterocycles. The molecule has 3 rings (SSSR count). The van der Waals surface area contributed by atoms with E-state index < -0.39 is 16.0 Å². The van der Waals surface area contributed by atoms with Crippen molar-refractivity contribution in [1.82, 2.24) is 9.29 Å². The highest BCUT2D eigenvalue weighted by Gasteiger charge is 2.20. The summed E-state index contributed by atoms with van der Waals surface area (Å²) in [4.78, 5) is 28.7. The topological polar surface area (TPSA) is 106 Å². The van der Waals surface area contributed by atoms with Gasteiger partial charge >= 0.3 is 5.97 Å². The van der Waals surface area contributed by atoms with Crippen LogP contribution < -0.4 is 5.32 Å². The highest BCUT2D eigenvalue weighted by molar-refractivity contribution is 7.89. The Kier molecular flexibility index (Phi) is 7.96. The van der Waals surface area contributed by atoms with Gasteiger partial charge in [-0.05, 0) is 42.8 Å². The molecule has 0 unspecified atom stereocenters. The third kappa shape index (κ3) is 5.84. The minimum Gasteiger partial charge on any atom is -0.465 e. The van der Waals surface area contributed by atoms with Crippen LogP contribution in [0.2, 0.25) is 0 Å². The summed E-state index contributed by atoms with van der Waals surface area (Å²) in [5.74, 6) is -0.806. The van der Waals surface area contributed by atoms with Crippen LogP contribution in [-0.2, 0) is 14.8 Å². The maximum Gasteiger partial charge on any atom is 0.337 e. The number of ether oxygens (including phenoxy) is 1. The minimum atomic E-state index is -3.59. The number of amides is 1. The summed E-state index contributed by atoms with van der Waals surface area (Å²) in [5.41, 5.74) is 2.21. The third-order valence-corrected chi connectivity index (χ3v) is 7.61. The summed E-state index contributed by atoms with van der Waals surface area (Å²) in [5, 5.41) is 4.93. The van der Waals surface area contributed by atoms with Crippen LogP contribution in [0.1, 0.15) is 40.5 Å². The number of esters is 1. The normalized spacial score (nSPS) is 11.4. The maximum atomic E-state index is 12.6. The lowest BCUT2D eigenvalue weighted by Gasteiger charge is -2.16. The molecule has 0 radical (unpaired) electrons. The van der Waals surface area contributed by atoms with E-state index in [9.17, 15) is 18.0 Å². The third-order valence-electron chi connectivity index (χ3n) is 4.98. The highest BCUT2D eigenvalue weighted by Crippen LogP contribution is 2.26. The Labute approximate surface area is 197 Å². The fraction of sp³-hybridized carbons (Fsp3) is 0.261. The Bertz CT molecular complexity index is 1220. The predicted molar refractivity (Wildman–Crippen MR) is 128 cm³/mol. The van der Waals surface area contributed by atoms with E-state index >= 15 is 0 Å². The van der Waals surface area contributed by atoms with E-state index in [-0.39, 0.29) is 10.8 Å². The second kappa shape index (κ2) is 10.7. The van der Waals surface area contributed by atoms with Gasteiger partial charge in [-0.1, -0.05) is 25.5 Å². The number of unbranched alkanes of at least 4 members (excludes halogenated alkanes) is 1. The largest absolute Gasteiger partial charge is 0.465 e. The molecule has 1 N–H and O–H groups in total. The molecule has 0 bridgehead atoms. The quantitative estimate of drug-likeness (QED) is 0.452. The second-order valence-corrected chi connectivity index (χ2v) is 10.2. The van der Waals surface area contributed by atoms with Gasteiger partial charge in [-0.2, -0.15) is 0 Å². The molecular weight excluding hydrogens is 462 g/mol. The van der Waals surface area contributed by atoms with Gasteiger partial charge in [0.05, 0.1) is 23.3 Å². The fourth-order valence-electron chi connectivity index (χ4n) is 2.99. The Morgan fingerprint density at radius 2 is 1.70 bits per heavy atom. The molecule has 8 nitrogen and oxygen atoms in total. The molecule has 0 spiro atoms. The average molecular weight is 488 g/mol. The first kappa shape index (κ1) is 24.6. The number of rotatable bonds is 9. The van der Waals surface area contributed by atoms with Gasteiger partial charge < -0.3 is 4.74 Å². The van der Waals surface area contributed by atoms with Crippen LogP contribution in [0.15, 0.2) is 58.8 Å². The summed E-state index contributed by atoms with van der Waals surface area (Å²) < 4.78 is 31.2. The fourth-order valence-corrected chi connectivity index (χ4v) is 4.91. The van der Waals surface area contributed by atoms with Crippen molar-refractivity contribution in [2.75, 3.05) is 26.0 Å². The van der Waals surface area contributed by atoms with E-state index in [2.05, 4.69) is 15.0 Å². The lowest BCUT2D eigenvalue weighted by molar-refractivity contribution is 0.0600. The number of methoxy groups -OCH3 is 1. The minimum absolute atomic E-state index is 0.143. The van der Waals surface area contributed by atoms with Gasteiger partial charge in [0.2, 0.25) is 10.0 Å². The lowest BCUT2D eigenvalue weighted by atomic mass is 10.1. The summed E-state index contributed by atoms with van der Waals surface area (Å²) in [7, 11) is -0.714. The van der Waals surface area contributed by atoms with Crippen LogP contribution in [0.3, 0.4) is 0 Å². The first-order valence-corrected chi connectivity index (χ1v) is 12.6. The van der Waals surface area contributed by atoms with E-state index in [0.29, 0.717) is 28.5 Å². The molecule has 0 aliphatic carbocycles. The molecule has 0 aliphatic rings. The van der Waals surface area contributed by atoms with Gasteiger partial charge in [0.15, 0.2) is 5.13 Å². The van der Waals surface area contributed by atoms with Crippen molar-refractivity contribution in [3.8, 4) is 11.3 Å². The average Bonchev–Trinajstić information content (AvgIpc) is 3.30. The molecule has 1 amide bonds. The van der Waals surface area contributed by atoms with Crippen LogP contribution in [0, 0.1) is 0 Å². The van der Waals surface area contributed by atoms with Crippen LogP contribution in [0.4, 0.5) is 5.13 Å². The van der Waals surface area contributed by atoms with Crippen LogP contribution >= 0.6 is 11.3 Å². The van der Waals surface area contributed by atoms with Gasteiger partial charge in [0, 0.05) is 30.1 Å². The number of nitrogens with zero attached hydrogens (tertiary/aromatic N) is 2. The summed E-state index contributed by atoms with van der Waals surface area (Å²) in [6.07, 6.45) is 1.68. The van der Waals surface area contributed by atoms with Crippen molar-refractivity contribution < 1.29 is 22.7 Å². The Morgan fingerprint density at radius 3 is 2.30 bits per heavy atom. The number of aromatic nitrogens is 1. The Hall–Kier alpha value is -3.08. The number of hydrogen-bond donors (Lipinski definition) is 1. The molecule has 10 heteroatoms. The van der Waals surface area contributed by atoms with Gasteiger partial charge in [0.25, 0.3) is 5.91 Å². The SMILES string of the molecule is CCCCN(C)S(=O)(=O)c1ccc(C(=O)Nc2nc(-c3ccc(C(=O)OC)cc3)cs2)cc1. The smallest absolute Gasteiger partial charge is 0.337 e. The molecule has 2 aromatic carbocycles. The van der Waals surface area contributed by atoms with E-state index in [4.69, 9.17) is 0 Å². The van der Waals surface area contributed by atoms with Crippen LogP contribution in [0.5, 0.6) is 0 Å². The van der Waals surface area contributed by atoms with Crippen molar-refractivity contribution in [2.45, 2.75) is 24.7 Å². The number of thiazole rings is 1. The summed E-state index contributed by atoms with van der Waals surface area (Å²) >= 11 is 1.26. The maximum absolute atomic E-state index is 12.6. The molecule has 0 saturated carbocycles. The number of sulfonamides is 1. The zero-order valence-corrected chi connectivity index (χ0v) is 20.2. The number of carbonyl (C=O) groups excluding carboxylic acids is 2. The predicted octanol–water partition coefficient (Wildman–Crippen LogP) is 4.27. The Morgan fingerprint density at radius 1 is 1.06 bits per heavy atom. The summed E-state index contributed by atoms with van der Waals surface area (Å²) in [6, 6.07) is 12.6. The van der Waals surface area contributed by atoms with Crippen molar-refractivity contribution >= 4 is 38.4 Å². The highest BCUT2D eigenvalue weighted by atomic mass is 32.2. The lowest BCUT2D eigenvalue weighted by Crippen LogP contribution is -2.28. The van der Waals surface area contributed by atoms with E-state index in [1.165, 1.54) is 47.0 Å². The summed E-state index contributed by atoms with van der Waals surface area (Å²) in [6.45, 7) is 2.44. The van der Waals surface area contributed by atoms with Crippen molar-refractivity contribution in [3.05, 3.63) is 65.0 Å². The monoisotopic (exact) mass is 487 g/mol. The zero-order chi connectivity index (χ0) is 24.0. The molecule has 0 atom stereocenters. The molecule has 174 valence electrons. The molecule has 1 heterocycles. The number of carbonyl (C=O) groups is 2. The molecule has 0 aliphatic heterocycles. The van der Waals surface area contributed by atoms with Gasteiger partial charge in [0.1, 0.15) is 0 Å². The van der Waals surface area contributed by atoms with Gasteiger partial charge in [-0.3, -0.25) is 10.1 Å². The Balaban J connectivity index is 1.67. The zero-order valence-electron chi connectivity index (χ0n) is 18.6. The first-order valence-electron chi connectivity index (χ1n) is 10.3. The van der Waals surface area contributed by atoms with Gasteiger partial charge in [-0.25, -0.2) is 22.5 Å². The van der Waals surface area contributed by atoms with Gasteiger partial charge in [-0.15, -0.1) is 11.3 Å². The number of anilines is 1.